The molecule has 0 amide bonds. The Labute approximate surface area is 176 Å². The van der Waals surface area contributed by atoms with Crippen molar-refractivity contribution in [3.8, 4) is 0 Å². The van der Waals surface area contributed by atoms with Gasteiger partial charge in [0.2, 0.25) is 0 Å². The smallest absolute Gasteiger partial charge is 0.162 e. The van der Waals surface area contributed by atoms with Crippen LogP contribution in [0.5, 0.6) is 0 Å². The highest BCUT2D eigenvalue weighted by atomic mass is 35.5. The first-order valence-corrected chi connectivity index (χ1v) is 9.34. The van der Waals surface area contributed by atoms with Crippen molar-refractivity contribution in [2.45, 2.75) is 31.3 Å². The summed E-state index contributed by atoms with van der Waals surface area (Å²) in [5.41, 5.74) is 0.667. The Hall–Kier alpha value is -1.50. The summed E-state index contributed by atoms with van der Waals surface area (Å²) in [6.07, 6.45) is 2.54. The van der Waals surface area contributed by atoms with Crippen molar-refractivity contribution in [3.05, 3.63) is 70.5 Å². The molecule has 1 fully saturated rings. The zero-order chi connectivity index (χ0) is 18.6. The molecule has 3 rings (SSSR count). The maximum atomic E-state index is 12.9. The van der Waals surface area contributed by atoms with Crippen molar-refractivity contribution in [3.63, 3.8) is 0 Å². The largest absolute Gasteiger partial charge is 0.385 e. The molecule has 0 atom stereocenters. The summed E-state index contributed by atoms with van der Waals surface area (Å²) in [6.45, 7) is 2.41. The normalized spacial score (nSPS) is 16.0. The first-order valence-electron chi connectivity index (χ1n) is 8.96. The fourth-order valence-electron chi connectivity index (χ4n) is 3.44. The molecule has 0 aromatic heterocycles. The van der Waals surface area contributed by atoms with Gasteiger partial charge in [0.15, 0.2) is 5.78 Å². The summed E-state index contributed by atoms with van der Waals surface area (Å²) in [5.74, 6) is -0.289. The van der Waals surface area contributed by atoms with E-state index in [4.69, 9.17) is 11.6 Å². The van der Waals surface area contributed by atoms with Crippen LogP contribution in [-0.2, 0) is 5.60 Å². The first kappa shape index (κ1) is 24.5. The van der Waals surface area contributed by atoms with E-state index in [-0.39, 0.29) is 30.2 Å². The van der Waals surface area contributed by atoms with Crippen molar-refractivity contribution in [2.24, 2.45) is 0 Å². The van der Waals surface area contributed by atoms with Gasteiger partial charge >= 0.3 is 0 Å². The van der Waals surface area contributed by atoms with Crippen LogP contribution in [0.15, 0.2) is 48.5 Å². The molecule has 0 bridgehead atoms. The third-order valence-electron chi connectivity index (χ3n) is 5.11. The Kier molecular flexibility index (Phi) is 9.54. The Morgan fingerprint density at radius 2 is 1.64 bits per heavy atom. The predicted octanol–water partition coefficient (Wildman–Crippen LogP) is 5.01. The molecule has 0 spiro atoms. The minimum absolute atomic E-state index is 0. The fourth-order valence-corrected chi connectivity index (χ4v) is 3.56. The van der Waals surface area contributed by atoms with Gasteiger partial charge in [0, 0.05) is 30.1 Å². The molecule has 1 heterocycles. The number of Topliss-reactive ketones (excluding diaryl/α,β-unsaturated/α-hetero) is 1. The van der Waals surface area contributed by atoms with E-state index in [0.717, 1.165) is 31.6 Å². The minimum atomic E-state index is -0.801. The quantitative estimate of drug-likeness (QED) is 0.633. The Balaban J connectivity index is 0.00000196. The standard InChI is InChI=1S/C21H23ClFNO2.ClH.H3N/c22-18-7-5-17(6-8-18)21(26)11-14-24(15-12-21)13-1-2-20(25)16-3-9-19(23)10-4-16;;/h3-10,26H,1-2,11-15H2;1H;1H3. The van der Waals surface area contributed by atoms with Crippen LogP contribution < -0.4 is 6.15 Å². The number of hydrogen-bond donors (Lipinski definition) is 2. The van der Waals surface area contributed by atoms with Gasteiger partial charge in [-0.1, -0.05) is 23.7 Å². The van der Waals surface area contributed by atoms with Gasteiger partial charge in [-0.25, -0.2) is 4.39 Å². The van der Waals surface area contributed by atoms with E-state index in [1.54, 1.807) is 0 Å². The van der Waals surface area contributed by atoms with Gasteiger partial charge in [0.25, 0.3) is 0 Å². The van der Waals surface area contributed by atoms with Crippen LogP contribution in [0.2, 0.25) is 5.02 Å². The number of hydrogen-bond acceptors (Lipinski definition) is 4. The van der Waals surface area contributed by atoms with E-state index >= 15 is 0 Å². The summed E-state index contributed by atoms with van der Waals surface area (Å²) in [7, 11) is 0. The number of carbonyl (C=O) groups is 1. The summed E-state index contributed by atoms with van der Waals surface area (Å²) >= 11 is 5.92. The molecule has 1 saturated heterocycles. The van der Waals surface area contributed by atoms with Crippen LogP contribution in [-0.4, -0.2) is 35.4 Å². The molecule has 0 unspecified atom stereocenters. The number of rotatable bonds is 6. The van der Waals surface area contributed by atoms with Gasteiger partial charge < -0.3 is 16.2 Å². The molecule has 28 heavy (non-hydrogen) atoms. The monoisotopic (exact) mass is 428 g/mol. The van der Waals surface area contributed by atoms with Crippen LogP contribution >= 0.6 is 24.0 Å². The van der Waals surface area contributed by atoms with E-state index in [2.05, 4.69) is 4.90 Å². The first-order chi connectivity index (χ1) is 12.5. The number of carbonyl (C=O) groups excluding carboxylic acids is 1. The molecule has 0 radical (unpaired) electrons. The van der Waals surface area contributed by atoms with Crippen LogP contribution in [0, 0.1) is 5.82 Å². The Bertz CT molecular complexity index is 746. The Morgan fingerprint density at radius 3 is 2.21 bits per heavy atom. The number of aliphatic hydroxyl groups is 1. The number of ketones is 1. The molecule has 0 saturated carbocycles. The van der Waals surface area contributed by atoms with Crippen molar-refractivity contribution in [2.75, 3.05) is 19.6 Å². The third-order valence-corrected chi connectivity index (χ3v) is 5.36. The van der Waals surface area contributed by atoms with Crippen LogP contribution in [0.1, 0.15) is 41.6 Å². The minimum Gasteiger partial charge on any atom is -0.385 e. The van der Waals surface area contributed by atoms with E-state index in [1.807, 2.05) is 24.3 Å². The van der Waals surface area contributed by atoms with Crippen LogP contribution in [0.25, 0.3) is 0 Å². The maximum Gasteiger partial charge on any atom is 0.162 e. The number of benzene rings is 2. The van der Waals surface area contributed by atoms with Gasteiger partial charge in [-0.15, -0.1) is 12.4 Å². The molecule has 4 nitrogen and oxygen atoms in total. The maximum absolute atomic E-state index is 12.9. The van der Waals surface area contributed by atoms with Crippen molar-refractivity contribution < 1.29 is 14.3 Å². The lowest BCUT2D eigenvalue weighted by molar-refractivity contribution is -0.0260. The topological polar surface area (TPSA) is 75.5 Å². The summed E-state index contributed by atoms with van der Waals surface area (Å²) in [6, 6.07) is 13.1. The average Bonchev–Trinajstić information content (AvgIpc) is 2.64. The van der Waals surface area contributed by atoms with Gasteiger partial charge in [0.05, 0.1) is 5.60 Å². The lowest BCUT2D eigenvalue weighted by Gasteiger charge is -2.38. The van der Waals surface area contributed by atoms with E-state index < -0.39 is 5.60 Å². The second-order valence-corrected chi connectivity index (χ2v) is 7.35. The number of halogens is 3. The highest BCUT2D eigenvalue weighted by molar-refractivity contribution is 6.30. The van der Waals surface area contributed by atoms with Crippen molar-refractivity contribution in [1.82, 2.24) is 11.1 Å². The second-order valence-electron chi connectivity index (χ2n) is 6.91. The van der Waals surface area contributed by atoms with Crippen molar-refractivity contribution >= 4 is 29.8 Å². The van der Waals surface area contributed by atoms with Crippen LogP contribution in [0.3, 0.4) is 0 Å². The zero-order valence-electron chi connectivity index (χ0n) is 15.7. The molecule has 1 aliphatic heterocycles. The Morgan fingerprint density at radius 1 is 1.07 bits per heavy atom. The molecule has 0 aliphatic carbocycles. The van der Waals surface area contributed by atoms with Gasteiger partial charge in [-0.05, 0) is 67.8 Å². The van der Waals surface area contributed by atoms with E-state index in [0.29, 0.717) is 29.8 Å². The second kappa shape index (κ2) is 10.9. The average molecular weight is 429 g/mol. The lowest BCUT2D eigenvalue weighted by Crippen LogP contribution is -2.42. The number of nitrogens with zero attached hydrogens (tertiary/aromatic N) is 1. The molecule has 1 aliphatic rings. The van der Waals surface area contributed by atoms with E-state index in [1.165, 1.54) is 24.3 Å². The molecule has 7 heteroatoms. The summed E-state index contributed by atoms with van der Waals surface area (Å²) < 4.78 is 12.9. The molecule has 154 valence electrons. The SMILES string of the molecule is Cl.N.O=C(CCCN1CCC(O)(c2ccc(Cl)cc2)CC1)c1ccc(F)cc1. The van der Waals surface area contributed by atoms with Crippen molar-refractivity contribution in [1.29, 1.82) is 0 Å². The fraction of sp³-hybridized carbons (Fsp3) is 0.381. The number of piperidine rings is 1. The summed E-state index contributed by atoms with van der Waals surface area (Å²) in [5, 5.41) is 11.5. The third kappa shape index (κ3) is 6.26. The molecule has 4 N–H and O–H groups in total. The predicted molar refractivity (Wildman–Crippen MR) is 113 cm³/mol. The van der Waals surface area contributed by atoms with Gasteiger partial charge in [0.1, 0.15) is 5.82 Å². The highest BCUT2D eigenvalue weighted by Gasteiger charge is 2.33. The van der Waals surface area contributed by atoms with Crippen LogP contribution in [0.4, 0.5) is 4.39 Å². The number of likely N-dealkylation sites (tertiary alicyclic amines) is 1. The highest BCUT2D eigenvalue weighted by Crippen LogP contribution is 2.33. The van der Waals surface area contributed by atoms with Gasteiger partial charge in [-0.3, -0.25) is 4.79 Å². The lowest BCUT2D eigenvalue weighted by atomic mass is 9.84. The molecule has 2 aromatic rings. The molecular formula is C21H27Cl2FN2O2. The zero-order valence-corrected chi connectivity index (χ0v) is 17.3. The van der Waals surface area contributed by atoms with E-state index in [9.17, 15) is 14.3 Å². The molecular weight excluding hydrogens is 402 g/mol. The molecule has 2 aromatic carbocycles. The van der Waals surface area contributed by atoms with Gasteiger partial charge in [-0.2, -0.15) is 0 Å². The summed E-state index contributed by atoms with van der Waals surface area (Å²) in [4.78, 5) is 14.4.